The lowest BCUT2D eigenvalue weighted by Gasteiger charge is -2.27. The van der Waals surface area contributed by atoms with E-state index in [0.29, 0.717) is 5.57 Å². The Balaban J connectivity index is 0. The van der Waals surface area contributed by atoms with Crippen molar-refractivity contribution >= 4 is 23.9 Å². The maximum atomic E-state index is 12.0. The van der Waals surface area contributed by atoms with Gasteiger partial charge in [0.2, 0.25) is 0 Å². The van der Waals surface area contributed by atoms with Crippen LogP contribution in [-0.4, -0.2) is 73.0 Å². The first kappa shape index (κ1) is 45.4. The summed E-state index contributed by atoms with van der Waals surface area (Å²) >= 11 is 0. The van der Waals surface area contributed by atoms with E-state index >= 15 is 0 Å². The van der Waals surface area contributed by atoms with Crippen molar-refractivity contribution in [2.24, 2.45) is 0 Å². The normalized spacial score (nSPS) is 14.5. The Morgan fingerprint density at radius 1 is 0.617 bits per heavy atom. The summed E-state index contributed by atoms with van der Waals surface area (Å²) < 4.78 is 159. The number of hydrogen-bond donors (Lipinski definition) is 0. The van der Waals surface area contributed by atoms with Gasteiger partial charge < -0.3 is 18.9 Å². The lowest BCUT2D eigenvalue weighted by atomic mass is 9.99. The minimum atomic E-state index is -5.81. The molecule has 0 heterocycles. The van der Waals surface area contributed by atoms with Crippen LogP contribution in [0, 0.1) is 0 Å². The topological polar surface area (TPSA) is 105 Å². The molecular weight excluding hydrogens is 680 g/mol. The fourth-order valence-corrected chi connectivity index (χ4v) is 3.09. The van der Waals surface area contributed by atoms with Gasteiger partial charge in [-0.2, -0.15) is 52.7 Å². The lowest BCUT2D eigenvalue weighted by Crippen LogP contribution is -2.46. The molecule has 0 bridgehead atoms. The number of rotatable bonds is 9. The van der Waals surface area contributed by atoms with E-state index in [1.165, 1.54) is 19.8 Å². The van der Waals surface area contributed by atoms with Crippen LogP contribution in [0.15, 0.2) is 36.5 Å². The molecule has 0 atom stereocenters. The van der Waals surface area contributed by atoms with Gasteiger partial charge in [0.15, 0.2) is 6.61 Å². The van der Waals surface area contributed by atoms with E-state index in [2.05, 4.69) is 40.9 Å². The minimum absolute atomic E-state index is 0.171. The molecule has 0 aromatic rings. The van der Waals surface area contributed by atoms with Crippen molar-refractivity contribution in [1.82, 2.24) is 0 Å². The average Bonchev–Trinajstić information content (AvgIpc) is 3.35. The van der Waals surface area contributed by atoms with Crippen LogP contribution in [0.1, 0.15) is 59.8 Å². The van der Waals surface area contributed by atoms with Gasteiger partial charge >= 0.3 is 48.6 Å². The fourth-order valence-electron chi connectivity index (χ4n) is 3.09. The molecule has 0 aromatic heterocycles. The molecule has 0 radical (unpaired) electrons. The van der Waals surface area contributed by atoms with Crippen LogP contribution in [0.4, 0.5) is 52.7 Å². The van der Waals surface area contributed by atoms with Gasteiger partial charge in [-0.25, -0.2) is 19.2 Å². The second-order valence-corrected chi connectivity index (χ2v) is 9.87. The summed E-state index contributed by atoms with van der Waals surface area (Å²) in [7, 11) is 0. The largest absolute Gasteiger partial charge is 0.456 e. The summed E-state index contributed by atoms with van der Waals surface area (Å²) in [5, 5.41) is 0. The Hall–Kier alpha value is -3.74. The van der Waals surface area contributed by atoms with E-state index in [4.69, 9.17) is 4.74 Å². The molecule has 8 nitrogen and oxygen atoms in total. The third-order valence-electron chi connectivity index (χ3n) is 5.50. The van der Waals surface area contributed by atoms with Crippen molar-refractivity contribution in [1.29, 1.82) is 0 Å². The summed E-state index contributed by atoms with van der Waals surface area (Å²) in [6, 6.07) is 0. The Kier molecular flexibility index (Phi) is 17.4. The molecule has 1 saturated carbocycles. The van der Waals surface area contributed by atoms with E-state index in [1.807, 2.05) is 0 Å². The highest BCUT2D eigenvalue weighted by atomic mass is 19.4. The SMILES string of the molecule is C=C(C)C(=O)OC(C(F)(F)F)C(F)(F)F.C=C(C)C(=O)OC1(CC)CCCC1.C=C(C)C(=O)OCC(=O)OC(C(F)(F)F)C(F)(F)F. The average molecular weight is 713 g/mol. The second kappa shape index (κ2) is 18.0. The zero-order chi connectivity index (χ0) is 37.8. The van der Waals surface area contributed by atoms with E-state index < -0.39 is 67.0 Å². The minimum Gasteiger partial charge on any atom is -0.456 e. The molecule has 0 unspecified atom stereocenters. The van der Waals surface area contributed by atoms with Gasteiger partial charge in [0.05, 0.1) is 0 Å². The maximum absolute atomic E-state index is 12.0. The van der Waals surface area contributed by atoms with E-state index in [-0.39, 0.29) is 17.1 Å². The van der Waals surface area contributed by atoms with Gasteiger partial charge in [0, 0.05) is 16.7 Å². The number of halogens is 12. The third kappa shape index (κ3) is 17.7. The predicted molar refractivity (Wildman–Crippen MR) is 137 cm³/mol. The summed E-state index contributed by atoms with van der Waals surface area (Å²) in [5.74, 6) is -5.10. The van der Waals surface area contributed by atoms with Crippen LogP contribution in [0.25, 0.3) is 0 Å². The summed E-state index contributed by atoms with van der Waals surface area (Å²) in [6.07, 6.45) is -26.1. The molecule has 1 aliphatic carbocycles. The van der Waals surface area contributed by atoms with Gasteiger partial charge in [0.25, 0.3) is 12.2 Å². The Labute approximate surface area is 260 Å². The number of alkyl halides is 12. The van der Waals surface area contributed by atoms with Crippen LogP contribution in [0.2, 0.25) is 0 Å². The Morgan fingerprint density at radius 2 is 0.957 bits per heavy atom. The molecule has 0 amide bonds. The number of carbonyl (C=O) groups excluding carboxylic acids is 4. The standard InChI is InChI=1S/C11H18O2.C9H8F6O4.C7H6F6O2/c1-4-11(7-5-6-8-11)13-10(12)9(2)3;1-4(2)6(17)18-3-5(16)19-7(8(10,11)12)9(13,14)15;1-3(2)4(14)15-5(6(8,9)10)7(11,12)13/h2,4-8H2,1,3H3;7H,1,3H2,2H3;5H,1H2,2H3. The summed E-state index contributed by atoms with van der Waals surface area (Å²) in [6.45, 7) is 14.0. The van der Waals surface area contributed by atoms with Crippen LogP contribution in [0.3, 0.4) is 0 Å². The highest BCUT2D eigenvalue weighted by molar-refractivity contribution is 5.88. The number of carbonyl (C=O) groups is 4. The monoisotopic (exact) mass is 712 g/mol. The first-order valence-electron chi connectivity index (χ1n) is 13.0. The van der Waals surface area contributed by atoms with E-state index in [1.54, 1.807) is 6.92 Å². The fraction of sp³-hybridized carbons (Fsp3) is 0.630. The molecule has 20 heteroatoms. The highest BCUT2D eigenvalue weighted by Gasteiger charge is 2.60. The molecule has 1 rings (SSSR count). The molecule has 0 spiro atoms. The molecule has 1 aliphatic rings. The zero-order valence-electron chi connectivity index (χ0n) is 25.3. The first-order chi connectivity index (χ1) is 20.9. The van der Waals surface area contributed by atoms with Gasteiger partial charge in [-0.3, -0.25) is 0 Å². The summed E-state index contributed by atoms with van der Waals surface area (Å²) in [5.41, 5.74) is -0.403. The lowest BCUT2D eigenvalue weighted by molar-refractivity contribution is -0.314. The zero-order valence-corrected chi connectivity index (χ0v) is 25.3. The van der Waals surface area contributed by atoms with Crippen LogP contribution in [-0.2, 0) is 38.1 Å². The van der Waals surface area contributed by atoms with Crippen molar-refractivity contribution in [3.63, 3.8) is 0 Å². The van der Waals surface area contributed by atoms with Gasteiger partial charge in [-0.05, 0) is 52.9 Å². The van der Waals surface area contributed by atoms with Crippen molar-refractivity contribution in [2.75, 3.05) is 6.61 Å². The van der Waals surface area contributed by atoms with Crippen molar-refractivity contribution in [2.45, 2.75) is 102 Å². The number of esters is 4. The van der Waals surface area contributed by atoms with E-state index in [9.17, 15) is 71.9 Å². The van der Waals surface area contributed by atoms with Crippen LogP contribution < -0.4 is 0 Å². The predicted octanol–water partition coefficient (Wildman–Crippen LogP) is 7.57. The van der Waals surface area contributed by atoms with Gasteiger partial charge in [0.1, 0.15) is 5.60 Å². The molecule has 1 fully saturated rings. The molecular formula is C27H32F12O8. The summed E-state index contributed by atoms with van der Waals surface area (Å²) in [4.78, 5) is 43.4. The Morgan fingerprint density at radius 3 is 1.26 bits per heavy atom. The molecule has 0 aromatic carbocycles. The van der Waals surface area contributed by atoms with Crippen molar-refractivity contribution in [3.05, 3.63) is 36.5 Å². The number of ether oxygens (including phenoxy) is 4. The highest BCUT2D eigenvalue weighted by Crippen LogP contribution is 2.38. The van der Waals surface area contributed by atoms with Gasteiger partial charge in [-0.1, -0.05) is 26.7 Å². The first-order valence-corrected chi connectivity index (χ1v) is 13.0. The third-order valence-corrected chi connectivity index (χ3v) is 5.50. The molecule has 272 valence electrons. The second-order valence-electron chi connectivity index (χ2n) is 9.87. The Bertz CT molecular complexity index is 1100. The molecule has 47 heavy (non-hydrogen) atoms. The molecule has 0 aliphatic heterocycles. The van der Waals surface area contributed by atoms with Crippen molar-refractivity contribution in [3.8, 4) is 0 Å². The maximum Gasteiger partial charge on any atom is 0.434 e. The molecule has 0 N–H and O–H groups in total. The van der Waals surface area contributed by atoms with E-state index in [0.717, 1.165) is 26.2 Å². The quantitative estimate of drug-likeness (QED) is 0.104. The number of hydrogen-bond acceptors (Lipinski definition) is 8. The smallest absolute Gasteiger partial charge is 0.434 e. The molecule has 0 saturated heterocycles. The van der Waals surface area contributed by atoms with Crippen LogP contribution in [0.5, 0.6) is 0 Å². The van der Waals surface area contributed by atoms with Gasteiger partial charge in [-0.15, -0.1) is 0 Å². The van der Waals surface area contributed by atoms with Crippen LogP contribution >= 0.6 is 0 Å². The van der Waals surface area contributed by atoms with Crippen molar-refractivity contribution < 1.29 is 90.8 Å².